The molecule has 2 heterocycles. The number of nitrogens with zero attached hydrogens (tertiary/aromatic N) is 3. The molecule has 45 heavy (non-hydrogen) atoms. The van der Waals surface area contributed by atoms with Crippen LogP contribution in [-0.4, -0.2) is 66.0 Å². The molecule has 2 aliphatic heterocycles. The predicted octanol–water partition coefficient (Wildman–Crippen LogP) is 7.73. The number of carbonyl (C=O) groups is 1. The maximum absolute atomic E-state index is 13.0. The van der Waals surface area contributed by atoms with Gasteiger partial charge in [0, 0.05) is 49.9 Å². The predicted molar refractivity (Wildman–Crippen MR) is 179 cm³/mol. The van der Waals surface area contributed by atoms with Crippen LogP contribution < -0.4 is 14.8 Å². The summed E-state index contributed by atoms with van der Waals surface area (Å²) in [5, 5.41) is 14.9. The molecule has 2 saturated heterocycles. The number of para-hydroxylation sites is 1. The molecular weight excluding hydrogens is 568 g/mol. The Morgan fingerprint density at radius 1 is 0.933 bits per heavy atom. The lowest BCUT2D eigenvalue weighted by atomic mass is 9.89. The highest BCUT2D eigenvalue weighted by Gasteiger charge is 2.26. The molecule has 0 radical (unpaired) electrons. The summed E-state index contributed by atoms with van der Waals surface area (Å²) in [6.45, 7) is 8.68. The van der Waals surface area contributed by atoms with Crippen molar-refractivity contribution in [1.82, 2.24) is 9.80 Å². The third kappa shape index (κ3) is 9.69. The third-order valence-corrected chi connectivity index (χ3v) is 8.51. The van der Waals surface area contributed by atoms with Crippen molar-refractivity contribution >= 4 is 17.3 Å². The molecule has 3 aromatic carbocycles. The highest BCUT2D eigenvalue weighted by molar-refractivity contribution is 5.76. The lowest BCUT2D eigenvalue weighted by Crippen LogP contribution is -2.43. The van der Waals surface area contributed by atoms with Crippen LogP contribution in [0.3, 0.4) is 0 Å². The number of nitro benzene ring substituents is 1. The summed E-state index contributed by atoms with van der Waals surface area (Å²) in [5.74, 6) is 3.00. The van der Waals surface area contributed by atoms with E-state index in [9.17, 15) is 14.9 Å². The first-order chi connectivity index (χ1) is 21.3. The fourth-order valence-electron chi connectivity index (χ4n) is 5.97. The van der Waals surface area contributed by atoms with E-state index in [1.807, 2.05) is 49.1 Å². The molecule has 0 unspecified atom stereocenters. The van der Waals surface area contributed by atoms with Crippen LogP contribution in [0.1, 0.15) is 64.9 Å². The maximum Gasteiger partial charge on any atom is 0.311 e. The van der Waals surface area contributed by atoms with Crippen LogP contribution in [0, 0.1) is 16.0 Å². The van der Waals surface area contributed by atoms with Gasteiger partial charge in [-0.05, 0) is 86.5 Å². The van der Waals surface area contributed by atoms with Crippen molar-refractivity contribution in [2.24, 2.45) is 5.92 Å². The zero-order valence-corrected chi connectivity index (χ0v) is 25.8. The Bertz CT molecular complexity index is 1370. The van der Waals surface area contributed by atoms with Gasteiger partial charge in [0.1, 0.15) is 11.5 Å². The van der Waals surface area contributed by atoms with Gasteiger partial charge >= 0.3 is 5.69 Å². The fourth-order valence-corrected chi connectivity index (χ4v) is 5.97. The minimum atomic E-state index is -0.409. The Morgan fingerprint density at radius 2 is 1.60 bits per heavy atom. The smallest absolute Gasteiger partial charge is 0.311 e. The Hall–Kier alpha value is -4.11. The van der Waals surface area contributed by atoms with Crippen molar-refractivity contribution in [2.75, 3.05) is 44.6 Å². The molecule has 3 aromatic rings. The number of nitro groups is 1. The first-order valence-electron chi connectivity index (χ1n) is 15.8. The number of likely N-dealkylation sites (tertiary alicyclic amines) is 2. The van der Waals surface area contributed by atoms with Gasteiger partial charge in [0.05, 0.1) is 11.5 Å². The number of carbonyl (C=O) groups excluding carboxylic acids is 1. The number of ether oxygens (including phenoxy) is 2. The Labute approximate surface area is 267 Å². The highest BCUT2D eigenvalue weighted by Crippen LogP contribution is 2.32. The molecule has 0 atom stereocenters. The minimum Gasteiger partial charge on any atom is -0.486 e. The molecular formula is C36H48N4O5. The van der Waals surface area contributed by atoms with E-state index in [0.29, 0.717) is 32.0 Å². The summed E-state index contributed by atoms with van der Waals surface area (Å²) >= 11 is 0. The van der Waals surface area contributed by atoms with Crippen LogP contribution in [-0.2, 0) is 4.79 Å². The molecule has 9 nitrogen and oxygen atoms in total. The van der Waals surface area contributed by atoms with Gasteiger partial charge in [0.25, 0.3) is 0 Å². The number of nitrogens with one attached hydrogen (secondary N) is 1. The number of rotatable bonds is 12. The molecule has 2 aliphatic rings. The lowest BCUT2D eigenvalue weighted by Gasteiger charge is -2.35. The van der Waals surface area contributed by atoms with E-state index >= 15 is 0 Å². The molecule has 0 spiro atoms. The van der Waals surface area contributed by atoms with Crippen molar-refractivity contribution in [1.29, 1.82) is 0 Å². The number of benzene rings is 3. The van der Waals surface area contributed by atoms with Crippen LogP contribution >= 0.6 is 0 Å². The zero-order chi connectivity index (χ0) is 30.9. The normalized spacial score (nSPS) is 16.2. The molecule has 5 rings (SSSR count). The van der Waals surface area contributed by atoms with E-state index in [2.05, 4.69) is 34.5 Å². The van der Waals surface area contributed by atoms with Crippen molar-refractivity contribution in [3.63, 3.8) is 0 Å². The number of anilines is 1. The summed E-state index contributed by atoms with van der Waals surface area (Å²) in [4.78, 5) is 28.4. The van der Waals surface area contributed by atoms with E-state index < -0.39 is 4.92 Å². The molecule has 0 saturated carbocycles. The van der Waals surface area contributed by atoms with Gasteiger partial charge in [0.2, 0.25) is 5.91 Å². The largest absolute Gasteiger partial charge is 0.486 e. The molecule has 0 aromatic heterocycles. The van der Waals surface area contributed by atoms with Crippen LogP contribution in [0.4, 0.5) is 11.4 Å². The fraction of sp³-hybridized carbons (Fsp3) is 0.472. The monoisotopic (exact) mass is 616 g/mol. The van der Waals surface area contributed by atoms with Gasteiger partial charge in [-0.1, -0.05) is 51.6 Å². The van der Waals surface area contributed by atoms with Crippen LogP contribution in [0.25, 0.3) is 0 Å². The van der Waals surface area contributed by atoms with E-state index in [1.54, 1.807) is 12.1 Å². The lowest BCUT2D eigenvalue weighted by molar-refractivity contribution is -0.385. The second-order valence-corrected chi connectivity index (χ2v) is 12.3. The zero-order valence-electron chi connectivity index (χ0n) is 25.8. The molecule has 0 bridgehead atoms. The average Bonchev–Trinajstić information content (AvgIpc) is 3.04. The number of amides is 1. The first-order valence-corrected chi connectivity index (χ1v) is 15.8. The molecule has 1 amide bonds. The van der Waals surface area contributed by atoms with Gasteiger partial charge < -0.3 is 24.6 Å². The van der Waals surface area contributed by atoms with Crippen molar-refractivity contribution < 1.29 is 19.2 Å². The summed E-state index contributed by atoms with van der Waals surface area (Å²) < 4.78 is 11.7. The molecule has 0 aliphatic carbocycles. The van der Waals surface area contributed by atoms with E-state index in [-0.39, 0.29) is 36.7 Å². The highest BCUT2D eigenvalue weighted by atomic mass is 16.6. The second kappa shape index (κ2) is 16.3. The number of hydrogen-bond acceptors (Lipinski definition) is 7. The molecule has 242 valence electrons. The van der Waals surface area contributed by atoms with E-state index in [0.717, 1.165) is 62.5 Å². The number of hydrogen-bond donors (Lipinski definition) is 1. The molecule has 9 heteroatoms. The van der Waals surface area contributed by atoms with Crippen LogP contribution in [0.2, 0.25) is 0 Å². The van der Waals surface area contributed by atoms with Gasteiger partial charge in [-0.3, -0.25) is 14.9 Å². The van der Waals surface area contributed by atoms with Crippen molar-refractivity contribution in [3.05, 3.63) is 88.5 Å². The summed E-state index contributed by atoms with van der Waals surface area (Å²) in [6.07, 6.45) is 4.41. The van der Waals surface area contributed by atoms with Crippen LogP contribution in [0.15, 0.2) is 72.8 Å². The maximum atomic E-state index is 13.0. The Kier molecular flexibility index (Phi) is 12.2. The van der Waals surface area contributed by atoms with Crippen molar-refractivity contribution in [3.8, 4) is 17.2 Å². The molecule has 2 fully saturated rings. The van der Waals surface area contributed by atoms with Crippen molar-refractivity contribution in [2.45, 2.75) is 65.3 Å². The van der Waals surface area contributed by atoms with E-state index in [4.69, 9.17) is 9.47 Å². The quantitative estimate of drug-likeness (QED) is 0.164. The van der Waals surface area contributed by atoms with Gasteiger partial charge in [-0.15, -0.1) is 0 Å². The Balaban J connectivity index is 0.00000461. The number of piperidine rings is 2. The second-order valence-electron chi connectivity index (χ2n) is 12.3. The Morgan fingerprint density at radius 3 is 2.24 bits per heavy atom. The van der Waals surface area contributed by atoms with Gasteiger partial charge in [-0.25, -0.2) is 0 Å². The summed E-state index contributed by atoms with van der Waals surface area (Å²) in [5.41, 5.74) is 2.13. The topological polar surface area (TPSA) is 97.2 Å². The van der Waals surface area contributed by atoms with Gasteiger partial charge in [-0.2, -0.15) is 0 Å². The van der Waals surface area contributed by atoms with E-state index in [1.165, 1.54) is 11.6 Å². The minimum absolute atomic E-state index is 0. The third-order valence-electron chi connectivity index (χ3n) is 8.51. The standard InChI is InChI=1S/C35H44N4O5.CH4/c1-26(2)25-43-34-24-30(10-13-33(34)39(41)42)36-29-16-22-38(23-17-29)35(40)18-21-37-19-14-28(15-20-37)27-8-11-32(12-9-27)44-31-6-4-3-5-7-31;/h3-13,24,26,28-29,36H,14-23,25H2,1-2H3;1H4. The average molecular weight is 617 g/mol. The van der Waals surface area contributed by atoms with Gasteiger partial charge in [0.15, 0.2) is 5.75 Å². The SMILES string of the molecule is C.CC(C)COc1cc(NC2CCN(C(=O)CCN3CCC(c4ccc(Oc5ccccc5)cc4)CC3)CC2)ccc1[N+](=O)[O-]. The summed E-state index contributed by atoms with van der Waals surface area (Å²) in [7, 11) is 0. The van der Waals surface area contributed by atoms with Crippen LogP contribution in [0.5, 0.6) is 17.2 Å². The first kappa shape index (κ1) is 33.8. The molecule has 1 N–H and O–H groups in total. The summed E-state index contributed by atoms with van der Waals surface area (Å²) in [6, 6.07) is 23.5.